The minimum Gasteiger partial charge on any atom is -0.352 e. The van der Waals surface area contributed by atoms with Gasteiger partial charge < -0.3 is 10.6 Å². The normalized spacial score (nSPS) is 26.0. The molecule has 2 heterocycles. The first-order valence-electron chi connectivity index (χ1n) is 9.04. The molecule has 0 amide bonds. The van der Waals surface area contributed by atoms with Crippen molar-refractivity contribution in [1.82, 2.24) is 20.5 Å². The van der Waals surface area contributed by atoms with E-state index in [0.29, 0.717) is 12.1 Å². The van der Waals surface area contributed by atoms with Crippen molar-refractivity contribution in [2.24, 2.45) is 4.99 Å². The van der Waals surface area contributed by atoms with Crippen molar-refractivity contribution in [2.45, 2.75) is 77.0 Å². The maximum atomic E-state index is 4.74. The summed E-state index contributed by atoms with van der Waals surface area (Å²) in [6.07, 6.45) is 3.96. The molecule has 24 heavy (non-hydrogen) atoms. The van der Waals surface area contributed by atoms with E-state index in [1.165, 1.54) is 19.3 Å². The predicted octanol–water partition coefficient (Wildman–Crippen LogP) is 2.73. The fourth-order valence-corrected chi connectivity index (χ4v) is 4.32. The number of hydrogen-bond acceptors (Lipinski definition) is 4. The first-order chi connectivity index (χ1) is 11.4. The van der Waals surface area contributed by atoms with Crippen LogP contribution in [-0.4, -0.2) is 47.6 Å². The zero-order valence-electron chi connectivity index (χ0n) is 15.6. The van der Waals surface area contributed by atoms with Gasteiger partial charge in [-0.15, -0.1) is 11.3 Å². The lowest BCUT2D eigenvalue weighted by atomic mass is 9.93. The number of guanidine groups is 1. The van der Waals surface area contributed by atoms with Gasteiger partial charge in [0.25, 0.3) is 0 Å². The number of aromatic nitrogens is 1. The number of likely N-dealkylation sites (tertiary alicyclic amines) is 1. The van der Waals surface area contributed by atoms with Crippen LogP contribution in [0.5, 0.6) is 0 Å². The maximum Gasteiger partial charge on any atom is 0.191 e. The zero-order valence-corrected chi connectivity index (χ0v) is 16.4. The molecule has 1 aliphatic carbocycles. The fraction of sp³-hybridized carbons (Fsp3) is 0.778. The van der Waals surface area contributed by atoms with Crippen LogP contribution >= 0.6 is 11.3 Å². The van der Waals surface area contributed by atoms with Gasteiger partial charge in [-0.25, -0.2) is 4.98 Å². The number of hydrogen-bond donors (Lipinski definition) is 2. The SMILES string of the molecule is CN=C(NCc1nc(C(C)(C)C)cs1)NC1CC(C)N(C2CC2)C1. The predicted molar refractivity (Wildman–Crippen MR) is 102 cm³/mol. The van der Waals surface area contributed by atoms with Gasteiger partial charge in [-0.1, -0.05) is 20.8 Å². The van der Waals surface area contributed by atoms with E-state index < -0.39 is 0 Å². The van der Waals surface area contributed by atoms with Crippen LogP contribution in [0.4, 0.5) is 0 Å². The van der Waals surface area contributed by atoms with Gasteiger partial charge in [0.05, 0.1) is 12.2 Å². The van der Waals surface area contributed by atoms with Crippen molar-refractivity contribution >= 4 is 17.3 Å². The largest absolute Gasteiger partial charge is 0.352 e. The van der Waals surface area contributed by atoms with Crippen LogP contribution in [0.25, 0.3) is 0 Å². The number of aliphatic imine (C=N–C) groups is 1. The number of nitrogens with one attached hydrogen (secondary N) is 2. The highest BCUT2D eigenvalue weighted by Crippen LogP contribution is 2.33. The Labute approximate surface area is 150 Å². The second kappa shape index (κ2) is 7.00. The molecule has 6 heteroatoms. The molecule has 1 aliphatic heterocycles. The summed E-state index contributed by atoms with van der Waals surface area (Å²) in [6.45, 7) is 10.8. The topological polar surface area (TPSA) is 52.6 Å². The van der Waals surface area contributed by atoms with Gasteiger partial charge in [-0.3, -0.25) is 9.89 Å². The van der Waals surface area contributed by atoms with Crippen LogP contribution in [-0.2, 0) is 12.0 Å². The highest BCUT2D eigenvalue weighted by molar-refractivity contribution is 7.09. The van der Waals surface area contributed by atoms with Gasteiger partial charge in [0, 0.05) is 42.5 Å². The molecule has 2 fully saturated rings. The summed E-state index contributed by atoms with van der Waals surface area (Å²) in [7, 11) is 1.84. The van der Waals surface area contributed by atoms with E-state index in [2.05, 4.69) is 53.6 Å². The number of nitrogens with zero attached hydrogens (tertiary/aromatic N) is 3. The lowest BCUT2D eigenvalue weighted by Crippen LogP contribution is -2.44. The zero-order chi connectivity index (χ0) is 17.3. The van der Waals surface area contributed by atoms with Crippen LogP contribution < -0.4 is 10.6 Å². The third-order valence-electron chi connectivity index (χ3n) is 4.93. The van der Waals surface area contributed by atoms with E-state index in [9.17, 15) is 0 Å². The highest BCUT2D eigenvalue weighted by atomic mass is 32.1. The number of thiazole rings is 1. The van der Waals surface area contributed by atoms with Crippen LogP contribution in [0.1, 0.15) is 57.7 Å². The van der Waals surface area contributed by atoms with Crippen LogP contribution in [0.2, 0.25) is 0 Å². The highest BCUT2D eigenvalue weighted by Gasteiger charge is 2.38. The van der Waals surface area contributed by atoms with Crippen LogP contribution in [0.15, 0.2) is 10.4 Å². The Morgan fingerprint density at radius 2 is 2.17 bits per heavy atom. The molecular weight excluding hydrogens is 318 g/mol. The van der Waals surface area contributed by atoms with Crippen molar-refractivity contribution in [3.05, 3.63) is 16.1 Å². The van der Waals surface area contributed by atoms with Crippen molar-refractivity contribution in [3.8, 4) is 0 Å². The van der Waals surface area contributed by atoms with E-state index in [0.717, 1.165) is 35.8 Å². The molecule has 3 rings (SSSR count). The van der Waals surface area contributed by atoms with Crippen LogP contribution in [0.3, 0.4) is 0 Å². The lowest BCUT2D eigenvalue weighted by molar-refractivity contribution is 0.256. The van der Waals surface area contributed by atoms with Gasteiger partial charge >= 0.3 is 0 Å². The Kier molecular flexibility index (Phi) is 5.16. The summed E-state index contributed by atoms with van der Waals surface area (Å²) in [6, 6.07) is 2.02. The summed E-state index contributed by atoms with van der Waals surface area (Å²) in [5.74, 6) is 0.886. The smallest absolute Gasteiger partial charge is 0.191 e. The Balaban J connectivity index is 1.49. The molecule has 1 aromatic heterocycles. The molecule has 5 nitrogen and oxygen atoms in total. The molecule has 2 N–H and O–H groups in total. The monoisotopic (exact) mass is 349 g/mol. The summed E-state index contributed by atoms with van der Waals surface area (Å²) < 4.78 is 0. The Morgan fingerprint density at radius 1 is 1.42 bits per heavy atom. The first-order valence-corrected chi connectivity index (χ1v) is 9.92. The van der Waals surface area contributed by atoms with Crippen molar-refractivity contribution < 1.29 is 0 Å². The van der Waals surface area contributed by atoms with E-state index >= 15 is 0 Å². The van der Waals surface area contributed by atoms with E-state index in [1.54, 1.807) is 11.3 Å². The molecule has 1 saturated carbocycles. The minimum absolute atomic E-state index is 0.112. The van der Waals surface area contributed by atoms with Crippen molar-refractivity contribution in [2.75, 3.05) is 13.6 Å². The molecule has 2 aliphatic rings. The third-order valence-corrected chi connectivity index (χ3v) is 5.78. The minimum atomic E-state index is 0.112. The Bertz CT molecular complexity index is 584. The third kappa shape index (κ3) is 4.28. The summed E-state index contributed by atoms with van der Waals surface area (Å²) in [5.41, 5.74) is 1.28. The maximum absolute atomic E-state index is 4.74. The van der Waals surface area contributed by atoms with Gasteiger partial charge in [-0.05, 0) is 26.2 Å². The van der Waals surface area contributed by atoms with Crippen molar-refractivity contribution in [3.63, 3.8) is 0 Å². The fourth-order valence-electron chi connectivity index (χ4n) is 3.36. The average Bonchev–Trinajstić information content (AvgIpc) is 3.11. The summed E-state index contributed by atoms with van der Waals surface area (Å²) >= 11 is 1.72. The molecule has 0 radical (unpaired) electrons. The molecule has 1 saturated heterocycles. The molecule has 1 aromatic rings. The van der Waals surface area contributed by atoms with Gasteiger partial charge in [-0.2, -0.15) is 0 Å². The molecule has 134 valence electrons. The molecular formula is C18H31N5S. The standard InChI is InChI=1S/C18H31N5S/c1-12-8-13(10-23(12)14-6-7-14)21-17(19-5)20-9-16-22-15(11-24-16)18(2,3)4/h11-14H,6-10H2,1-5H3,(H2,19,20,21). The quantitative estimate of drug-likeness (QED) is 0.648. The molecule has 2 atom stereocenters. The van der Waals surface area contributed by atoms with Crippen molar-refractivity contribution in [1.29, 1.82) is 0 Å². The molecule has 2 unspecified atom stereocenters. The van der Waals surface area contributed by atoms with E-state index in [1.807, 2.05) is 7.05 Å². The van der Waals surface area contributed by atoms with Gasteiger partial charge in [0.1, 0.15) is 5.01 Å². The first kappa shape index (κ1) is 17.7. The second-order valence-corrected chi connectivity index (χ2v) is 9.10. The van der Waals surface area contributed by atoms with Gasteiger partial charge in [0.15, 0.2) is 5.96 Å². The average molecular weight is 350 g/mol. The van der Waals surface area contributed by atoms with Crippen LogP contribution in [0, 0.1) is 0 Å². The van der Waals surface area contributed by atoms with Gasteiger partial charge in [0.2, 0.25) is 0 Å². The molecule has 0 aromatic carbocycles. The Hall–Kier alpha value is -1.14. The molecule has 0 bridgehead atoms. The second-order valence-electron chi connectivity index (χ2n) is 8.16. The van der Waals surface area contributed by atoms with E-state index in [-0.39, 0.29) is 5.41 Å². The van der Waals surface area contributed by atoms with E-state index in [4.69, 9.17) is 4.98 Å². The Morgan fingerprint density at radius 3 is 2.75 bits per heavy atom. The number of rotatable bonds is 4. The summed E-state index contributed by atoms with van der Waals surface area (Å²) in [5, 5.41) is 10.3. The summed E-state index contributed by atoms with van der Waals surface area (Å²) in [4.78, 5) is 11.8. The lowest BCUT2D eigenvalue weighted by Gasteiger charge is -2.20. The molecule has 0 spiro atoms.